The highest BCUT2D eigenvalue weighted by Gasteiger charge is 2.20. The fourth-order valence-corrected chi connectivity index (χ4v) is 2.45. The van der Waals surface area contributed by atoms with E-state index in [9.17, 15) is 14.9 Å². The SMILES string of the molecule is CN(C(=O)/C=C/c1ccccc1[N+](=O)[O-])C1CCNCC1. The van der Waals surface area contributed by atoms with Crippen LogP contribution in [0.5, 0.6) is 0 Å². The van der Waals surface area contributed by atoms with Crippen molar-refractivity contribution in [2.75, 3.05) is 20.1 Å². The van der Waals surface area contributed by atoms with E-state index in [1.807, 2.05) is 0 Å². The minimum atomic E-state index is -0.444. The van der Waals surface area contributed by atoms with Gasteiger partial charge in [0.05, 0.1) is 10.5 Å². The largest absolute Gasteiger partial charge is 0.339 e. The monoisotopic (exact) mass is 289 g/mol. The number of nitrogens with one attached hydrogen (secondary N) is 1. The number of hydrogen-bond donors (Lipinski definition) is 1. The van der Waals surface area contributed by atoms with E-state index in [0.29, 0.717) is 5.56 Å². The van der Waals surface area contributed by atoms with Gasteiger partial charge in [-0.15, -0.1) is 0 Å². The van der Waals surface area contributed by atoms with Crippen LogP contribution in [0, 0.1) is 10.1 Å². The van der Waals surface area contributed by atoms with E-state index in [-0.39, 0.29) is 17.6 Å². The summed E-state index contributed by atoms with van der Waals surface area (Å²) in [5, 5.41) is 14.2. The van der Waals surface area contributed by atoms with Gasteiger partial charge in [0.25, 0.3) is 5.69 Å². The van der Waals surface area contributed by atoms with Crippen LogP contribution in [0.4, 0.5) is 5.69 Å². The zero-order valence-corrected chi connectivity index (χ0v) is 12.0. The standard InChI is InChI=1S/C15H19N3O3/c1-17(13-8-10-16-11-9-13)15(19)7-6-12-4-2-3-5-14(12)18(20)21/h2-7,13,16H,8-11H2,1H3/b7-6+. The fourth-order valence-electron chi connectivity index (χ4n) is 2.45. The number of piperidine rings is 1. The number of carbonyl (C=O) groups excluding carboxylic acids is 1. The molecule has 21 heavy (non-hydrogen) atoms. The summed E-state index contributed by atoms with van der Waals surface area (Å²) in [5.74, 6) is -0.125. The molecule has 1 N–H and O–H groups in total. The third-order valence-electron chi connectivity index (χ3n) is 3.74. The molecule has 0 saturated carbocycles. The van der Waals surface area contributed by atoms with Gasteiger partial charge in [-0.05, 0) is 38.1 Å². The first kappa shape index (κ1) is 15.2. The number of para-hydroxylation sites is 1. The topological polar surface area (TPSA) is 75.5 Å². The predicted octanol–water partition coefficient (Wildman–Crippen LogP) is 1.82. The van der Waals surface area contributed by atoms with Crippen molar-refractivity contribution in [3.8, 4) is 0 Å². The average Bonchev–Trinajstić information content (AvgIpc) is 2.52. The van der Waals surface area contributed by atoms with Crippen molar-refractivity contribution >= 4 is 17.7 Å². The Labute approximate surface area is 123 Å². The normalized spacial score (nSPS) is 16.0. The second-order valence-corrected chi connectivity index (χ2v) is 5.08. The Bertz CT molecular complexity index is 551. The van der Waals surface area contributed by atoms with Crippen LogP contribution in [0.2, 0.25) is 0 Å². The Morgan fingerprint density at radius 1 is 1.38 bits per heavy atom. The Morgan fingerprint density at radius 2 is 2.05 bits per heavy atom. The second-order valence-electron chi connectivity index (χ2n) is 5.08. The molecule has 6 nitrogen and oxygen atoms in total. The Balaban J connectivity index is 2.06. The van der Waals surface area contributed by atoms with E-state index < -0.39 is 4.92 Å². The lowest BCUT2D eigenvalue weighted by molar-refractivity contribution is -0.385. The molecule has 0 radical (unpaired) electrons. The molecule has 1 aliphatic rings. The van der Waals surface area contributed by atoms with Crippen molar-refractivity contribution in [2.24, 2.45) is 0 Å². The summed E-state index contributed by atoms with van der Waals surface area (Å²) in [6, 6.07) is 6.62. The zero-order chi connectivity index (χ0) is 15.2. The molecular weight excluding hydrogens is 270 g/mol. The quantitative estimate of drug-likeness (QED) is 0.521. The maximum atomic E-state index is 12.1. The lowest BCUT2D eigenvalue weighted by Crippen LogP contribution is -2.43. The number of nitrogens with zero attached hydrogens (tertiary/aromatic N) is 2. The molecule has 1 aromatic carbocycles. The molecule has 0 bridgehead atoms. The summed E-state index contributed by atoms with van der Waals surface area (Å²) in [6.07, 6.45) is 4.78. The lowest BCUT2D eigenvalue weighted by atomic mass is 10.1. The first-order chi connectivity index (χ1) is 10.1. The molecule has 0 spiro atoms. The van der Waals surface area contributed by atoms with Crippen molar-refractivity contribution in [3.05, 3.63) is 46.0 Å². The molecule has 1 heterocycles. The van der Waals surface area contributed by atoms with Gasteiger partial charge < -0.3 is 10.2 Å². The van der Waals surface area contributed by atoms with Crippen molar-refractivity contribution in [2.45, 2.75) is 18.9 Å². The van der Waals surface area contributed by atoms with Crippen LogP contribution in [0.3, 0.4) is 0 Å². The predicted molar refractivity (Wildman–Crippen MR) is 80.8 cm³/mol. The molecule has 0 atom stereocenters. The third kappa shape index (κ3) is 3.88. The van der Waals surface area contributed by atoms with E-state index in [2.05, 4.69) is 5.32 Å². The van der Waals surface area contributed by atoms with E-state index >= 15 is 0 Å². The van der Waals surface area contributed by atoms with Gasteiger partial charge in [-0.3, -0.25) is 14.9 Å². The van der Waals surface area contributed by atoms with Crippen LogP contribution in [0.15, 0.2) is 30.3 Å². The zero-order valence-electron chi connectivity index (χ0n) is 12.0. The highest BCUT2D eigenvalue weighted by molar-refractivity contribution is 5.92. The maximum absolute atomic E-state index is 12.1. The molecule has 2 rings (SSSR count). The first-order valence-electron chi connectivity index (χ1n) is 6.98. The summed E-state index contributed by atoms with van der Waals surface area (Å²) in [6.45, 7) is 1.83. The molecule has 1 aliphatic heterocycles. The van der Waals surface area contributed by atoms with Crippen LogP contribution >= 0.6 is 0 Å². The molecule has 1 amide bonds. The number of benzene rings is 1. The number of hydrogen-bond acceptors (Lipinski definition) is 4. The molecule has 0 aliphatic carbocycles. The lowest BCUT2D eigenvalue weighted by Gasteiger charge is -2.30. The molecule has 0 aromatic heterocycles. The van der Waals surface area contributed by atoms with Crippen LogP contribution in [0.1, 0.15) is 18.4 Å². The summed E-state index contributed by atoms with van der Waals surface area (Å²) in [7, 11) is 1.78. The number of rotatable bonds is 4. The molecule has 1 fully saturated rings. The molecular formula is C15H19N3O3. The maximum Gasteiger partial charge on any atom is 0.276 e. The number of amides is 1. The second kappa shape index (κ2) is 6.99. The molecule has 6 heteroatoms. The van der Waals surface area contributed by atoms with Gasteiger partial charge in [0.1, 0.15) is 0 Å². The van der Waals surface area contributed by atoms with Crippen molar-refractivity contribution in [1.82, 2.24) is 10.2 Å². The first-order valence-corrected chi connectivity index (χ1v) is 6.98. The fraction of sp³-hybridized carbons (Fsp3) is 0.400. The van der Waals surface area contributed by atoms with Gasteiger partial charge in [-0.2, -0.15) is 0 Å². The summed E-state index contributed by atoms with van der Waals surface area (Å²) >= 11 is 0. The van der Waals surface area contributed by atoms with Crippen molar-refractivity contribution < 1.29 is 9.72 Å². The van der Waals surface area contributed by atoms with E-state index in [1.54, 1.807) is 30.1 Å². The van der Waals surface area contributed by atoms with Crippen molar-refractivity contribution in [1.29, 1.82) is 0 Å². The van der Waals surface area contributed by atoms with Gasteiger partial charge >= 0.3 is 0 Å². The summed E-state index contributed by atoms with van der Waals surface area (Å²) < 4.78 is 0. The average molecular weight is 289 g/mol. The van der Waals surface area contributed by atoms with Gasteiger partial charge in [0, 0.05) is 25.2 Å². The van der Waals surface area contributed by atoms with E-state index in [1.165, 1.54) is 18.2 Å². The van der Waals surface area contributed by atoms with Gasteiger partial charge in [-0.25, -0.2) is 0 Å². The molecule has 1 aromatic rings. The van der Waals surface area contributed by atoms with Gasteiger partial charge in [-0.1, -0.05) is 12.1 Å². The number of nitro groups is 1. The molecule has 112 valence electrons. The number of nitro benzene ring substituents is 1. The molecule has 1 saturated heterocycles. The van der Waals surface area contributed by atoms with Gasteiger partial charge in [0.2, 0.25) is 5.91 Å². The summed E-state index contributed by atoms with van der Waals surface area (Å²) in [4.78, 5) is 24.3. The Morgan fingerprint density at radius 3 is 2.71 bits per heavy atom. The minimum absolute atomic E-state index is 0.00562. The van der Waals surface area contributed by atoms with Crippen molar-refractivity contribution in [3.63, 3.8) is 0 Å². The highest BCUT2D eigenvalue weighted by atomic mass is 16.6. The van der Waals surface area contributed by atoms with Crippen LogP contribution in [-0.4, -0.2) is 41.9 Å². The van der Waals surface area contributed by atoms with Crippen LogP contribution < -0.4 is 5.32 Å². The van der Waals surface area contributed by atoms with E-state index in [4.69, 9.17) is 0 Å². The number of carbonyl (C=O) groups is 1. The van der Waals surface area contributed by atoms with Crippen LogP contribution in [-0.2, 0) is 4.79 Å². The summed E-state index contributed by atoms with van der Waals surface area (Å²) in [5.41, 5.74) is 0.445. The van der Waals surface area contributed by atoms with E-state index in [0.717, 1.165) is 25.9 Å². The minimum Gasteiger partial charge on any atom is -0.339 e. The molecule has 0 unspecified atom stereocenters. The van der Waals surface area contributed by atoms with Gasteiger partial charge in [0.15, 0.2) is 0 Å². The smallest absolute Gasteiger partial charge is 0.276 e. The number of likely N-dealkylation sites (N-methyl/N-ethyl adjacent to an activating group) is 1. The Hall–Kier alpha value is -2.21. The van der Waals surface area contributed by atoms with Crippen LogP contribution in [0.25, 0.3) is 6.08 Å². The third-order valence-corrected chi connectivity index (χ3v) is 3.74. The Kier molecular flexibility index (Phi) is 5.05. The highest BCUT2D eigenvalue weighted by Crippen LogP contribution is 2.19.